The molecule has 0 aliphatic carbocycles. The number of rotatable bonds is 7. The van der Waals surface area contributed by atoms with Crippen molar-refractivity contribution in [1.82, 2.24) is 5.32 Å². The fraction of sp³-hybridized carbons (Fsp3) is 0.310. The van der Waals surface area contributed by atoms with E-state index in [9.17, 15) is 9.59 Å². The quantitative estimate of drug-likeness (QED) is 0.540. The molecule has 1 atom stereocenters. The number of amides is 2. The minimum Gasteiger partial charge on any atom is -0.376 e. The normalized spacial score (nSPS) is 17.0. The van der Waals surface area contributed by atoms with Crippen LogP contribution < -0.4 is 15.5 Å². The predicted molar refractivity (Wildman–Crippen MR) is 138 cm³/mol. The largest absolute Gasteiger partial charge is 0.376 e. The molecule has 0 unspecified atom stereocenters. The first-order valence-electron chi connectivity index (χ1n) is 12.3. The molecule has 0 spiro atoms. The number of benzene rings is 3. The number of nitrogens with one attached hydrogen (secondary N) is 2. The lowest BCUT2D eigenvalue weighted by atomic mass is 9.98. The second kappa shape index (κ2) is 10.7. The number of hydrogen-bond acceptors (Lipinski definition) is 4. The summed E-state index contributed by atoms with van der Waals surface area (Å²) < 4.78 is 5.68. The highest BCUT2D eigenvalue weighted by Crippen LogP contribution is 2.30. The van der Waals surface area contributed by atoms with Crippen molar-refractivity contribution in [3.63, 3.8) is 0 Å². The minimum atomic E-state index is -0.145. The maximum Gasteiger partial charge on any atom is 0.253 e. The SMILES string of the molecule is O=C(Cc1ccccc1)Nc1ccc(N2CCc3ccccc3C2)c(C(=O)NC[C@@H]2CCCO2)c1. The second-order valence-electron chi connectivity index (χ2n) is 9.23. The molecular weight excluding hydrogens is 438 g/mol. The van der Waals surface area contributed by atoms with Crippen molar-refractivity contribution in [1.29, 1.82) is 0 Å². The summed E-state index contributed by atoms with van der Waals surface area (Å²) in [6.07, 6.45) is 3.28. The fourth-order valence-electron chi connectivity index (χ4n) is 4.87. The highest BCUT2D eigenvalue weighted by molar-refractivity contribution is 6.02. The summed E-state index contributed by atoms with van der Waals surface area (Å²) in [5, 5.41) is 6.02. The summed E-state index contributed by atoms with van der Waals surface area (Å²) in [6.45, 7) is 2.83. The molecule has 2 aliphatic heterocycles. The monoisotopic (exact) mass is 469 g/mol. The van der Waals surface area contributed by atoms with Crippen molar-refractivity contribution in [3.05, 3.63) is 95.1 Å². The van der Waals surface area contributed by atoms with Gasteiger partial charge in [-0.1, -0.05) is 54.6 Å². The molecule has 2 amide bonds. The third-order valence-electron chi connectivity index (χ3n) is 6.72. The van der Waals surface area contributed by atoms with Crippen LogP contribution in [0.4, 0.5) is 11.4 Å². The molecule has 0 radical (unpaired) electrons. The van der Waals surface area contributed by atoms with Crippen molar-refractivity contribution in [3.8, 4) is 0 Å². The molecule has 5 rings (SSSR count). The third kappa shape index (κ3) is 5.72. The van der Waals surface area contributed by atoms with Gasteiger partial charge in [-0.2, -0.15) is 0 Å². The Hall–Kier alpha value is -3.64. The number of carbonyl (C=O) groups excluding carboxylic acids is 2. The van der Waals surface area contributed by atoms with Crippen LogP contribution in [0.15, 0.2) is 72.8 Å². The first kappa shape index (κ1) is 23.1. The maximum absolute atomic E-state index is 13.3. The first-order chi connectivity index (χ1) is 17.2. The van der Waals surface area contributed by atoms with Gasteiger partial charge >= 0.3 is 0 Å². The molecule has 0 saturated carbocycles. The highest BCUT2D eigenvalue weighted by Gasteiger charge is 2.23. The summed E-state index contributed by atoms with van der Waals surface area (Å²) >= 11 is 0. The lowest BCUT2D eigenvalue weighted by molar-refractivity contribution is -0.115. The van der Waals surface area contributed by atoms with E-state index in [4.69, 9.17) is 4.74 Å². The molecule has 2 N–H and O–H groups in total. The second-order valence-corrected chi connectivity index (χ2v) is 9.23. The predicted octanol–water partition coefficient (Wildman–Crippen LogP) is 4.34. The van der Waals surface area contributed by atoms with Gasteiger partial charge in [0.2, 0.25) is 5.91 Å². The molecule has 0 bridgehead atoms. The molecule has 0 aromatic heterocycles. The lowest BCUT2D eigenvalue weighted by Crippen LogP contribution is -2.35. The highest BCUT2D eigenvalue weighted by atomic mass is 16.5. The maximum atomic E-state index is 13.3. The smallest absolute Gasteiger partial charge is 0.253 e. The molecule has 3 aromatic carbocycles. The van der Waals surface area contributed by atoms with Gasteiger partial charge in [-0.3, -0.25) is 9.59 Å². The number of nitrogens with zero attached hydrogens (tertiary/aromatic N) is 1. The summed E-state index contributed by atoms with van der Waals surface area (Å²) in [7, 11) is 0. The molecule has 1 saturated heterocycles. The standard InChI is InChI=1S/C29H31N3O3/c33-28(17-21-7-2-1-3-8-21)31-24-12-13-27(32-15-14-22-9-4-5-10-23(22)20-32)26(18-24)29(34)30-19-25-11-6-16-35-25/h1-5,7-10,12-13,18,25H,6,11,14-17,19-20H2,(H,30,34)(H,31,33)/t25-/m0/s1. The van der Waals surface area contributed by atoms with Crippen LogP contribution in [0.2, 0.25) is 0 Å². The van der Waals surface area contributed by atoms with Crippen LogP contribution in [0.3, 0.4) is 0 Å². The van der Waals surface area contributed by atoms with E-state index in [-0.39, 0.29) is 24.3 Å². The van der Waals surface area contributed by atoms with Crippen molar-refractivity contribution in [2.24, 2.45) is 0 Å². The Morgan fingerprint density at radius 2 is 1.77 bits per heavy atom. The molecule has 35 heavy (non-hydrogen) atoms. The van der Waals surface area contributed by atoms with E-state index in [0.29, 0.717) is 17.8 Å². The number of ether oxygens (including phenoxy) is 1. The van der Waals surface area contributed by atoms with E-state index >= 15 is 0 Å². The fourth-order valence-corrected chi connectivity index (χ4v) is 4.87. The number of anilines is 2. The van der Waals surface area contributed by atoms with Crippen molar-refractivity contribution in [2.45, 2.75) is 38.3 Å². The van der Waals surface area contributed by atoms with Gasteiger partial charge in [0.15, 0.2) is 0 Å². The molecule has 3 aromatic rings. The Labute approximate surface area is 206 Å². The molecule has 2 heterocycles. The lowest BCUT2D eigenvalue weighted by Gasteiger charge is -2.32. The van der Waals surface area contributed by atoms with Crippen LogP contribution in [0.5, 0.6) is 0 Å². The van der Waals surface area contributed by atoms with E-state index in [1.54, 1.807) is 6.07 Å². The molecule has 2 aliphatic rings. The Kier molecular flexibility index (Phi) is 7.09. The minimum absolute atomic E-state index is 0.0676. The topological polar surface area (TPSA) is 70.7 Å². The van der Waals surface area contributed by atoms with Crippen LogP contribution in [0.25, 0.3) is 0 Å². The zero-order chi connectivity index (χ0) is 24.0. The summed E-state index contributed by atoms with van der Waals surface area (Å²) in [5.41, 5.74) is 5.66. The third-order valence-corrected chi connectivity index (χ3v) is 6.72. The Morgan fingerprint density at radius 3 is 2.57 bits per heavy atom. The number of carbonyl (C=O) groups is 2. The van der Waals surface area contributed by atoms with Crippen molar-refractivity contribution >= 4 is 23.2 Å². The van der Waals surface area contributed by atoms with Gasteiger partial charge in [0, 0.05) is 37.6 Å². The van der Waals surface area contributed by atoms with Gasteiger partial charge in [-0.05, 0) is 54.2 Å². The van der Waals surface area contributed by atoms with Crippen LogP contribution >= 0.6 is 0 Å². The van der Waals surface area contributed by atoms with E-state index in [2.05, 4.69) is 39.8 Å². The van der Waals surface area contributed by atoms with Crippen LogP contribution in [0, 0.1) is 0 Å². The van der Waals surface area contributed by atoms with Gasteiger partial charge in [0.1, 0.15) is 0 Å². The van der Waals surface area contributed by atoms with Gasteiger partial charge in [0.05, 0.1) is 18.1 Å². The summed E-state index contributed by atoms with van der Waals surface area (Å²) in [6, 6.07) is 23.7. The summed E-state index contributed by atoms with van der Waals surface area (Å²) in [5.74, 6) is -0.255. The van der Waals surface area contributed by atoms with Crippen LogP contribution in [-0.2, 0) is 28.9 Å². The van der Waals surface area contributed by atoms with Crippen LogP contribution in [0.1, 0.15) is 39.9 Å². The zero-order valence-electron chi connectivity index (χ0n) is 19.8. The average Bonchev–Trinajstić information content (AvgIpc) is 3.41. The first-order valence-corrected chi connectivity index (χ1v) is 12.3. The van der Waals surface area contributed by atoms with Gasteiger partial charge in [-0.15, -0.1) is 0 Å². The van der Waals surface area contributed by atoms with Gasteiger partial charge < -0.3 is 20.3 Å². The zero-order valence-corrected chi connectivity index (χ0v) is 19.8. The van der Waals surface area contributed by atoms with E-state index in [0.717, 1.165) is 50.2 Å². The van der Waals surface area contributed by atoms with Gasteiger partial charge in [-0.25, -0.2) is 0 Å². The molecule has 6 nitrogen and oxygen atoms in total. The Bertz CT molecular complexity index is 1190. The Morgan fingerprint density at radius 1 is 0.971 bits per heavy atom. The average molecular weight is 470 g/mol. The molecule has 6 heteroatoms. The summed E-state index contributed by atoms with van der Waals surface area (Å²) in [4.78, 5) is 28.2. The molecular formula is C29H31N3O3. The van der Waals surface area contributed by atoms with E-state index in [1.165, 1.54) is 11.1 Å². The van der Waals surface area contributed by atoms with E-state index in [1.807, 2.05) is 42.5 Å². The van der Waals surface area contributed by atoms with Crippen LogP contribution in [-0.4, -0.2) is 37.6 Å². The number of fused-ring (bicyclic) bond motifs is 1. The molecule has 180 valence electrons. The van der Waals surface area contributed by atoms with Gasteiger partial charge in [0.25, 0.3) is 5.91 Å². The Balaban J connectivity index is 1.36. The molecule has 1 fully saturated rings. The van der Waals surface area contributed by atoms with Crippen molar-refractivity contribution in [2.75, 3.05) is 29.9 Å². The number of hydrogen-bond donors (Lipinski definition) is 2. The van der Waals surface area contributed by atoms with E-state index < -0.39 is 0 Å². The van der Waals surface area contributed by atoms with Crippen molar-refractivity contribution < 1.29 is 14.3 Å².